The highest BCUT2D eigenvalue weighted by Gasteiger charge is 2.07. The van der Waals surface area contributed by atoms with Crippen molar-refractivity contribution in [1.82, 2.24) is 14.8 Å². The van der Waals surface area contributed by atoms with E-state index in [0.29, 0.717) is 5.02 Å². The van der Waals surface area contributed by atoms with E-state index in [1.54, 1.807) is 12.4 Å². The quantitative estimate of drug-likeness (QED) is 0.701. The maximum Gasteiger partial charge on any atom is 0.0756 e. The smallest absolute Gasteiger partial charge is 0.0756 e. The highest BCUT2D eigenvalue weighted by atomic mass is 35.5. The normalized spacial score (nSPS) is 10.5. The van der Waals surface area contributed by atoms with Crippen LogP contribution in [0.25, 0.3) is 16.9 Å². The standard InChI is InChI=1S/C14H10ClN3/c15-12-4-1-5-13(9-12)18-14(6-8-17-18)11-3-2-7-16-10-11/h1-10H. The van der Waals surface area contributed by atoms with E-state index in [4.69, 9.17) is 11.6 Å². The molecule has 0 aliphatic heterocycles. The van der Waals surface area contributed by atoms with Crippen LogP contribution in [0.1, 0.15) is 0 Å². The van der Waals surface area contributed by atoms with Crippen LogP contribution in [0, 0.1) is 0 Å². The van der Waals surface area contributed by atoms with Gasteiger partial charge in [-0.2, -0.15) is 5.10 Å². The summed E-state index contributed by atoms with van der Waals surface area (Å²) in [6.07, 6.45) is 5.34. The number of nitrogens with zero attached hydrogens (tertiary/aromatic N) is 3. The predicted molar refractivity (Wildman–Crippen MR) is 71.8 cm³/mol. The minimum absolute atomic E-state index is 0.695. The summed E-state index contributed by atoms with van der Waals surface area (Å²) in [5.74, 6) is 0. The second kappa shape index (κ2) is 4.63. The molecule has 0 aliphatic rings. The molecule has 0 saturated heterocycles. The summed E-state index contributed by atoms with van der Waals surface area (Å²) in [5.41, 5.74) is 2.95. The second-order valence-electron chi connectivity index (χ2n) is 3.85. The second-order valence-corrected chi connectivity index (χ2v) is 4.29. The number of halogens is 1. The summed E-state index contributed by atoms with van der Waals surface area (Å²) in [6.45, 7) is 0. The van der Waals surface area contributed by atoms with Crippen molar-refractivity contribution in [1.29, 1.82) is 0 Å². The third kappa shape index (κ3) is 2.00. The maximum atomic E-state index is 6.01. The topological polar surface area (TPSA) is 30.7 Å². The summed E-state index contributed by atoms with van der Waals surface area (Å²) >= 11 is 6.01. The van der Waals surface area contributed by atoms with Crippen molar-refractivity contribution in [3.05, 3.63) is 66.1 Å². The number of rotatable bonds is 2. The van der Waals surface area contributed by atoms with Crippen molar-refractivity contribution in [2.75, 3.05) is 0 Å². The molecule has 0 saturated carbocycles. The average molecular weight is 256 g/mol. The van der Waals surface area contributed by atoms with E-state index in [-0.39, 0.29) is 0 Å². The Bertz CT molecular complexity index is 662. The van der Waals surface area contributed by atoms with Crippen LogP contribution in [-0.2, 0) is 0 Å². The largest absolute Gasteiger partial charge is 0.264 e. The van der Waals surface area contributed by atoms with Gasteiger partial charge in [0.25, 0.3) is 0 Å². The van der Waals surface area contributed by atoms with Crippen LogP contribution in [0.3, 0.4) is 0 Å². The molecule has 2 heterocycles. The lowest BCUT2D eigenvalue weighted by molar-refractivity contribution is 0.887. The highest BCUT2D eigenvalue weighted by Crippen LogP contribution is 2.22. The molecule has 0 bridgehead atoms. The summed E-state index contributed by atoms with van der Waals surface area (Å²) < 4.78 is 1.85. The summed E-state index contributed by atoms with van der Waals surface area (Å²) in [7, 11) is 0. The number of benzene rings is 1. The van der Waals surface area contributed by atoms with E-state index < -0.39 is 0 Å². The summed E-state index contributed by atoms with van der Waals surface area (Å²) in [5, 5.41) is 5.03. The first-order valence-electron chi connectivity index (χ1n) is 5.55. The molecule has 0 atom stereocenters. The Morgan fingerprint density at radius 2 is 1.94 bits per heavy atom. The van der Waals surface area contributed by atoms with E-state index in [0.717, 1.165) is 16.9 Å². The fourth-order valence-electron chi connectivity index (χ4n) is 1.85. The van der Waals surface area contributed by atoms with Gasteiger partial charge in [0.2, 0.25) is 0 Å². The zero-order valence-corrected chi connectivity index (χ0v) is 10.2. The summed E-state index contributed by atoms with van der Waals surface area (Å²) in [4.78, 5) is 4.13. The number of pyridine rings is 1. The third-order valence-corrected chi connectivity index (χ3v) is 2.89. The molecule has 0 spiro atoms. The van der Waals surface area contributed by atoms with E-state index in [1.807, 2.05) is 53.3 Å². The van der Waals surface area contributed by atoms with Crippen LogP contribution < -0.4 is 0 Å². The molecule has 0 fully saturated rings. The lowest BCUT2D eigenvalue weighted by Gasteiger charge is -2.07. The van der Waals surface area contributed by atoms with Gasteiger partial charge in [0.15, 0.2) is 0 Å². The lowest BCUT2D eigenvalue weighted by Crippen LogP contribution is -1.98. The highest BCUT2D eigenvalue weighted by molar-refractivity contribution is 6.30. The van der Waals surface area contributed by atoms with Gasteiger partial charge in [-0.05, 0) is 36.4 Å². The fraction of sp³-hybridized carbons (Fsp3) is 0. The zero-order valence-electron chi connectivity index (χ0n) is 9.49. The molecule has 3 aromatic rings. The van der Waals surface area contributed by atoms with Gasteiger partial charge in [-0.15, -0.1) is 0 Å². The Morgan fingerprint density at radius 1 is 1.00 bits per heavy atom. The third-order valence-electron chi connectivity index (χ3n) is 2.65. The molecule has 3 nitrogen and oxygen atoms in total. The van der Waals surface area contributed by atoms with Crippen molar-refractivity contribution in [3.63, 3.8) is 0 Å². The minimum Gasteiger partial charge on any atom is -0.264 e. The van der Waals surface area contributed by atoms with Gasteiger partial charge in [-0.3, -0.25) is 4.98 Å². The van der Waals surface area contributed by atoms with Crippen LogP contribution >= 0.6 is 11.6 Å². The molecule has 3 rings (SSSR count). The fourth-order valence-corrected chi connectivity index (χ4v) is 2.03. The molecule has 0 amide bonds. The molecular weight excluding hydrogens is 246 g/mol. The molecule has 1 aromatic carbocycles. The van der Waals surface area contributed by atoms with Crippen LogP contribution in [0.4, 0.5) is 0 Å². The predicted octanol–water partition coefficient (Wildman–Crippen LogP) is 3.59. The van der Waals surface area contributed by atoms with Gasteiger partial charge in [0.1, 0.15) is 0 Å². The molecule has 0 radical (unpaired) electrons. The van der Waals surface area contributed by atoms with E-state index in [9.17, 15) is 0 Å². The molecule has 4 heteroatoms. The lowest BCUT2D eigenvalue weighted by atomic mass is 10.2. The van der Waals surface area contributed by atoms with Crippen molar-refractivity contribution in [2.45, 2.75) is 0 Å². The molecule has 0 aliphatic carbocycles. The van der Waals surface area contributed by atoms with Gasteiger partial charge in [-0.25, -0.2) is 4.68 Å². The monoisotopic (exact) mass is 255 g/mol. The molecular formula is C14H10ClN3. The van der Waals surface area contributed by atoms with Crippen LogP contribution in [0.2, 0.25) is 5.02 Å². The molecule has 88 valence electrons. The van der Waals surface area contributed by atoms with Gasteiger partial charge in [0, 0.05) is 23.0 Å². The van der Waals surface area contributed by atoms with Gasteiger partial charge < -0.3 is 0 Å². The average Bonchev–Trinajstić information content (AvgIpc) is 2.89. The van der Waals surface area contributed by atoms with Crippen LogP contribution in [-0.4, -0.2) is 14.8 Å². The first-order valence-corrected chi connectivity index (χ1v) is 5.93. The van der Waals surface area contributed by atoms with Gasteiger partial charge in [0.05, 0.1) is 17.6 Å². The number of aromatic nitrogens is 3. The van der Waals surface area contributed by atoms with E-state index in [2.05, 4.69) is 10.1 Å². The van der Waals surface area contributed by atoms with Crippen LogP contribution in [0.5, 0.6) is 0 Å². The molecule has 0 unspecified atom stereocenters. The zero-order chi connectivity index (χ0) is 12.4. The van der Waals surface area contributed by atoms with E-state index in [1.165, 1.54) is 0 Å². The summed E-state index contributed by atoms with van der Waals surface area (Å²) in [6, 6.07) is 13.5. The molecule has 18 heavy (non-hydrogen) atoms. The number of hydrogen-bond donors (Lipinski definition) is 0. The Balaban J connectivity index is 2.13. The Morgan fingerprint density at radius 3 is 2.72 bits per heavy atom. The minimum atomic E-state index is 0.695. The van der Waals surface area contributed by atoms with Crippen molar-refractivity contribution >= 4 is 11.6 Å². The SMILES string of the molecule is Clc1cccc(-n2nccc2-c2cccnc2)c1. The van der Waals surface area contributed by atoms with Crippen molar-refractivity contribution in [2.24, 2.45) is 0 Å². The van der Waals surface area contributed by atoms with Crippen molar-refractivity contribution in [3.8, 4) is 16.9 Å². The Kier molecular flexibility index (Phi) is 2.82. The van der Waals surface area contributed by atoms with Gasteiger partial charge in [-0.1, -0.05) is 17.7 Å². The van der Waals surface area contributed by atoms with E-state index >= 15 is 0 Å². The Labute approximate surface area is 110 Å². The Hall–Kier alpha value is -2.13. The first kappa shape index (κ1) is 11.0. The van der Waals surface area contributed by atoms with Crippen molar-refractivity contribution < 1.29 is 0 Å². The van der Waals surface area contributed by atoms with Gasteiger partial charge >= 0.3 is 0 Å². The molecule has 2 aromatic heterocycles. The molecule has 0 N–H and O–H groups in total. The maximum absolute atomic E-state index is 6.01. The first-order chi connectivity index (χ1) is 8.84. The van der Waals surface area contributed by atoms with Crippen LogP contribution in [0.15, 0.2) is 61.1 Å². The number of hydrogen-bond acceptors (Lipinski definition) is 2.